The summed E-state index contributed by atoms with van der Waals surface area (Å²) < 4.78 is 1.88. The minimum Gasteiger partial charge on any atom is -0.352 e. The lowest BCUT2D eigenvalue weighted by molar-refractivity contribution is 0.889. The van der Waals surface area contributed by atoms with Crippen molar-refractivity contribution in [1.29, 1.82) is 0 Å². The number of nitrogens with zero attached hydrogens (tertiary/aromatic N) is 4. The fourth-order valence-corrected chi connectivity index (χ4v) is 2.95. The lowest BCUT2D eigenvalue weighted by Crippen LogP contribution is -2.30. The molecule has 0 atom stereocenters. The van der Waals surface area contributed by atoms with Gasteiger partial charge in [0, 0.05) is 30.8 Å². The number of benzene rings is 2. The second-order valence-corrected chi connectivity index (χ2v) is 6.99. The molecule has 0 aliphatic rings. The maximum atomic E-state index is 4.79. The first-order valence-corrected chi connectivity index (χ1v) is 9.85. The lowest BCUT2D eigenvalue weighted by Gasteiger charge is -2.13. The van der Waals surface area contributed by atoms with Crippen LogP contribution >= 0.6 is 24.0 Å². The third-order valence-corrected chi connectivity index (χ3v) is 4.62. The third kappa shape index (κ3) is 6.65. The number of nitrogens with one attached hydrogen (secondary N) is 2. The van der Waals surface area contributed by atoms with E-state index in [1.807, 2.05) is 53.2 Å². The van der Waals surface area contributed by atoms with Crippen molar-refractivity contribution in [2.24, 2.45) is 4.99 Å². The van der Waals surface area contributed by atoms with Gasteiger partial charge in [-0.3, -0.25) is 4.57 Å². The molecule has 2 heterocycles. The van der Waals surface area contributed by atoms with Gasteiger partial charge in [-0.2, -0.15) is 0 Å². The molecular formula is C24H25IN6. The number of anilines is 1. The van der Waals surface area contributed by atoms with Crippen LogP contribution in [0.3, 0.4) is 0 Å². The van der Waals surface area contributed by atoms with Crippen molar-refractivity contribution >= 4 is 35.6 Å². The van der Waals surface area contributed by atoms with Gasteiger partial charge in [-0.05, 0) is 42.3 Å². The van der Waals surface area contributed by atoms with Gasteiger partial charge in [0.05, 0.1) is 6.54 Å². The molecule has 0 spiro atoms. The number of aryl methyl sites for hydroxylation is 1. The van der Waals surface area contributed by atoms with Crippen LogP contribution in [-0.2, 0) is 13.1 Å². The van der Waals surface area contributed by atoms with Gasteiger partial charge >= 0.3 is 0 Å². The number of aliphatic imine (C=N–C) groups is 1. The van der Waals surface area contributed by atoms with Gasteiger partial charge in [-0.25, -0.2) is 15.0 Å². The molecule has 0 radical (unpaired) electrons. The molecule has 0 fully saturated rings. The molecule has 6 nitrogen and oxygen atoms in total. The fraction of sp³-hybridized carbons (Fsp3) is 0.125. The number of halogens is 1. The molecule has 0 amide bonds. The molecular weight excluding hydrogens is 499 g/mol. The Balaban J connectivity index is 0.00000272. The van der Waals surface area contributed by atoms with Crippen LogP contribution < -0.4 is 10.6 Å². The summed E-state index contributed by atoms with van der Waals surface area (Å²) >= 11 is 0. The van der Waals surface area contributed by atoms with E-state index in [-0.39, 0.29) is 24.0 Å². The summed E-state index contributed by atoms with van der Waals surface area (Å²) in [4.78, 5) is 13.3. The van der Waals surface area contributed by atoms with E-state index in [2.05, 4.69) is 51.8 Å². The maximum Gasteiger partial charge on any atom is 0.196 e. The normalized spacial score (nSPS) is 10.9. The average molecular weight is 524 g/mol. The molecule has 31 heavy (non-hydrogen) atoms. The van der Waals surface area contributed by atoms with E-state index in [0.29, 0.717) is 13.1 Å². The minimum atomic E-state index is 0. The topological polar surface area (TPSA) is 67.1 Å². The molecule has 4 aromatic rings. The molecule has 158 valence electrons. The van der Waals surface area contributed by atoms with E-state index < -0.39 is 0 Å². The number of hydrogen-bond donors (Lipinski definition) is 2. The van der Waals surface area contributed by atoms with Crippen molar-refractivity contribution in [1.82, 2.24) is 19.9 Å². The molecule has 0 aliphatic carbocycles. The van der Waals surface area contributed by atoms with Gasteiger partial charge in [-0.1, -0.05) is 48.0 Å². The number of pyridine rings is 1. The highest BCUT2D eigenvalue weighted by atomic mass is 127. The third-order valence-electron chi connectivity index (χ3n) is 4.62. The maximum absolute atomic E-state index is 4.79. The molecule has 4 rings (SSSR count). The van der Waals surface area contributed by atoms with Crippen LogP contribution in [0.4, 0.5) is 5.69 Å². The summed E-state index contributed by atoms with van der Waals surface area (Å²) in [6.07, 6.45) is 7.15. The van der Waals surface area contributed by atoms with Crippen molar-refractivity contribution in [2.75, 3.05) is 5.32 Å². The van der Waals surface area contributed by atoms with Gasteiger partial charge in [-0.15, -0.1) is 24.0 Å². The molecule has 2 aromatic carbocycles. The van der Waals surface area contributed by atoms with E-state index >= 15 is 0 Å². The van der Waals surface area contributed by atoms with Crippen LogP contribution in [0.15, 0.2) is 96.6 Å². The van der Waals surface area contributed by atoms with Crippen LogP contribution in [0.5, 0.6) is 0 Å². The van der Waals surface area contributed by atoms with E-state index in [1.165, 1.54) is 11.1 Å². The lowest BCUT2D eigenvalue weighted by atomic mass is 10.1. The van der Waals surface area contributed by atoms with Crippen molar-refractivity contribution in [3.8, 4) is 5.82 Å². The van der Waals surface area contributed by atoms with E-state index in [1.54, 1.807) is 18.7 Å². The SMILES string of the molecule is Cc1ccc(CNC(=NCc2ccnc(-n3ccnc3)c2)Nc2ccccc2)cc1.I. The fourth-order valence-electron chi connectivity index (χ4n) is 2.95. The zero-order valence-electron chi connectivity index (χ0n) is 17.3. The van der Waals surface area contributed by atoms with E-state index in [9.17, 15) is 0 Å². The first-order chi connectivity index (χ1) is 14.8. The predicted molar refractivity (Wildman–Crippen MR) is 136 cm³/mol. The molecule has 0 bridgehead atoms. The van der Waals surface area contributed by atoms with E-state index in [0.717, 1.165) is 23.0 Å². The first-order valence-electron chi connectivity index (χ1n) is 9.85. The molecule has 2 N–H and O–H groups in total. The van der Waals surface area contributed by atoms with Gasteiger partial charge < -0.3 is 10.6 Å². The highest BCUT2D eigenvalue weighted by Gasteiger charge is 2.03. The van der Waals surface area contributed by atoms with Crippen molar-refractivity contribution in [2.45, 2.75) is 20.0 Å². The number of hydrogen-bond acceptors (Lipinski definition) is 3. The number of imidazole rings is 1. The van der Waals surface area contributed by atoms with Gasteiger partial charge in [0.2, 0.25) is 0 Å². The van der Waals surface area contributed by atoms with Crippen molar-refractivity contribution in [3.63, 3.8) is 0 Å². The minimum absolute atomic E-state index is 0. The standard InChI is InChI=1S/C24H24N6.HI/c1-19-7-9-20(10-8-19)16-27-24(29-22-5-3-2-4-6-22)28-17-21-11-12-26-23(15-21)30-14-13-25-18-30;/h2-15,18H,16-17H2,1H3,(H2,27,28,29);1H. The second kappa shape index (κ2) is 11.3. The van der Waals surface area contributed by atoms with Crippen LogP contribution in [0.1, 0.15) is 16.7 Å². The summed E-state index contributed by atoms with van der Waals surface area (Å²) in [5, 5.41) is 6.81. The molecule has 0 saturated carbocycles. The average Bonchev–Trinajstić information content (AvgIpc) is 3.33. The van der Waals surface area contributed by atoms with Gasteiger partial charge in [0.25, 0.3) is 0 Å². The Morgan fingerprint density at radius 2 is 1.77 bits per heavy atom. The van der Waals surface area contributed by atoms with Crippen molar-refractivity contribution < 1.29 is 0 Å². The highest BCUT2D eigenvalue weighted by Crippen LogP contribution is 2.10. The monoisotopic (exact) mass is 524 g/mol. The van der Waals surface area contributed by atoms with Gasteiger partial charge in [0.1, 0.15) is 12.1 Å². The molecule has 0 saturated heterocycles. The summed E-state index contributed by atoms with van der Waals surface area (Å²) in [6.45, 7) is 3.31. The quantitative estimate of drug-likeness (QED) is 0.213. The predicted octanol–water partition coefficient (Wildman–Crippen LogP) is 4.95. The Hall–Kier alpha value is -3.20. The smallest absolute Gasteiger partial charge is 0.196 e. The Morgan fingerprint density at radius 1 is 0.968 bits per heavy atom. The van der Waals surface area contributed by atoms with Crippen molar-refractivity contribution in [3.05, 3.63) is 108 Å². The summed E-state index contributed by atoms with van der Waals surface area (Å²) in [5.41, 5.74) is 4.51. The number of para-hydroxylation sites is 1. The Labute approximate surface area is 199 Å². The molecule has 2 aromatic heterocycles. The zero-order chi connectivity index (χ0) is 20.6. The van der Waals surface area contributed by atoms with E-state index in [4.69, 9.17) is 4.99 Å². The van der Waals surface area contributed by atoms with Crippen LogP contribution in [0, 0.1) is 6.92 Å². The number of aromatic nitrogens is 3. The number of guanidine groups is 1. The first kappa shape index (κ1) is 22.5. The summed E-state index contributed by atoms with van der Waals surface area (Å²) in [6, 6.07) is 22.5. The molecule has 7 heteroatoms. The zero-order valence-corrected chi connectivity index (χ0v) is 19.6. The van der Waals surface area contributed by atoms with Gasteiger partial charge in [0.15, 0.2) is 5.96 Å². The summed E-state index contributed by atoms with van der Waals surface area (Å²) in [5.74, 6) is 1.55. The largest absolute Gasteiger partial charge is 0.352 e. The number of rotatable bonds is 6. The highest BCUT2D eigenvalue weighted by molar-refractivity contribution is 14.0. The second-order valence-electron chi connectivity index (χ2n) is 6.99. The van der Waals surface area contributed by atoms with Crippen LogP contribution in [0.25, 0.3) is 5.82 Å². The Morgan fingerprint density at radius 3 is 2.52 bits per heavy atom. The molecule has 0 aliphatic heterocycles. The van der Waals surface area contributed by atoms with Crippen LogP contribution in [-0.4, -0.2) is 20.5 Å². The molecule has 0 unspecified atom stereocenters. The Kier molecular flexibility index (Phi) is 8.17. The Bertz CT molecular complexity index is 1090. The summed E-state index contributed by atoms with van der Waals surface area (Å²) in [7, 11) is 0. The van der Waals surface area contributed by atoms with Crippen LogP contribution in [0.2, 0.25) is 0 Å².